The van der Waals surface area contributed by atoms with Gasteiger partial charge in [-0.05, 0) is 30.5 Å². The number of rotatable bonds is 3. The summed E-state index contributed by atoms with van der Waals surface area (Å²) in [6.07, 6.45) is 1.99. The van der Waals surface area contributed by atoms with Gasteiger partial charge in [-0.2, -0.15) is 4.98 Å². The molecule has 1 aromatic carbocycles. The molecule has 2 aromatic rings. The molecular weight excluding hydrogens is 226 g/mol. The van der Waals surface area contributed by atoms with Gasteiger partial charge in [0.15, 0.2) is 0 Å². The summed E-state index contributed by atoms with van der Waals surface area (Å²) in [6.45, 7) is 0. The number of primary amides is 1. The third-order valence-corrected chi connectivity index (χ3v) is 2.73. The Kier molecular flexibility index (Phi) is 2.91. The van der Waals surface area contributed by atoms with Crippen molar-refractivity contribution in [2.24, 2.45) is 5.73 Å². The molecule has 0 aliphatic heterocycles. The van der Waals surface area contributed by atoms with Crippen molar-refractivity contribution in [1.82, 2.24) is 10.1 Å². The summed E-state index contributed by atoms with van der Waals surface area (Å²) in [5, 5.41) is 3.67. The van der Waals surface area contributed by atoms with Crippen LogP contribution in [0.2, 0.25) is 0 Å². The van der Waals surface area contributed by atoms with Gasteiger partial charge in [0, 0.05) is 10.5 Å². The third-order valence-electron chi connectivity index (χ3n) is 1.99. The maximum atomic E-state index is 10.8. The van der Waals surface area contributed by atoms with Crippen LogP contribution in [-0.4, -0.2) is 22.3 Å². The summed E-state index contributed by atoms with van der Waals surface area (Å²) < 4.78 is 4.70. The quantitative estimate of drug-likeness (QED) is 0.816. The molecule has 0 radical (unpaired) electrons. The summed E-state index contributed by atoms with van der Waals surface area (Å²) in [6, 6.07) is 7.61. The first-order chi connectivity index (χ1) is 7.70. The summed E-state index contributed by atoms with van der Waals surface area (Å²) in [5.74, 6) is -0.537. The lowest BCUT2D eigenvalue weighted by Crippen LogP contribution is -2.10. The van der Waals surface area contributed by atoms with Crippen LogP contribution in [0, 0.1) is 0 Å². The van der Waals surface area contributed by atoms with E-state index in [0.29, 0.717) is 5.82 Å². The highest BCUT2D eigenvalue weighted by atomic mass is 32.2. The van der Waals surface area contributed by atoms with Gasteiger partial charge in [0.1, 0.15) is 0 Å². The Balaban J connectivity index is 2.31. The second-order valence-corrected chi connectivity index (χ2v) is 3.90. The molecule has 0 fully saturated rings. The van der Waals surface area contributed by atoms with Crippen LogP contribution in [0.15, 0.2) is 33.7 Å². The first-order valence-electron chi connectivity index (χ1n) is 4.48. The molecule has 16 heavy (non-hydrogen) atoms. The number of aromatic nitrogens is 2. The topological polar surface area (TPSA) is 82.0 Å². The summed E-state index contributed by atoms with van der Waals surface area (Å²) in [5.41, 5.74) is 5.80. The number of nitrogens with zero attached hydrogens (tertiary/aromatic N) is 2. The number of benzene rings is 1. The summed E-state index contributed by atoms with van der Waals surface area (Å²) in [7, 11) is 0. The molecule has 0 atom stereocenters. The van der Waals surface area contributed by atoms with E-state index in [9.17, 15) is 4.79 Å². The molecule has 82 valence electrons. The number of hydrogen-bond acceptors (Lipinski definition) is 5. The fourth-order valence-corrected chi connectivity index (χ4v) is 1.59. The normalized spacial score (nSPS) is 10.3. The number of amides is 1. The Morgan fingerprint density at radius 1 is 1.38 bits per heavy atom. The van der Waals surface area contributed by atoms with Crippen molar-refractivity contribution >= 4 is 17.7 Å². The lowest BCUT2D eigenvalue weighted by molar-refractivity contribution is 0.0958. The molecule has 1 amide bonds. The highest BCUT2D eigenvalue weighted by Crippen LogP contribution is 2.20. The fourth-order valence-electron chi connectivity index (χ4n) is 1.18. The average Bonchev–Trinajstić information content (AvgIpc) is 2.78. The van der Waals surface area contributed by atoms with Crippen molar-refractivity contribution in [3.05, 3.63) is 30.2 Å². The number of carbonyl (C=O) groups is 1. The molecule has 0 aliphatic rings. The minimum atomic E-state index is -0.723. The molecule has 0 bridgehead atoms. The van der Waals surface area contributed by atoms with Crippen LogP contribution in [0.25, 0.3) is 11.4 Å². The lowest BCUT2D eigenvalue weighted by atomic mass is 10.2. The highest BCUT2D eigenvalue weighted by molar-refractivity contribution is 7.98. The number of nitrogens with two attached hydrogens (primary N) is 1. The molecule has 0 aliphatic carbocycles. The zero-order chi connectivity index (χ0) is 11.5. The van der Waals surface area contributed by atoms with Gasteiger partial charge in [-0.15, -0.1) is 11.8 Å². The van der Waals surface area contributed by atoms with Crippen molar-refractivity contribution in [3.8, 4) is 11.4 Å². The molecule has 0 spiro atoms. The maximum Gasteiger partial charge on any atom is 0.316 e. The molecule has 0 unspecified atom stereocenters. The zero-order valence-corrected chi connectivity index (χ0v) is 9.32. The van der Waals surface area contributed by atoms with Crippen molar-refractivity contribution in [2.45, 2.75) is 4.90 Å². The van der Waals surface area contributed by atoms with E-state index in [-0.39, 0.29) is 5.89 Å². The van der Waals surface area contributed by atoms with E-state index in [4.69, 9.17) is 10.3 Å². The van der Waals surface area contributed by atoms with Crippen LogP contribution in [0.5, 0.6) is 0 Å². The van der Waals surface area contributed by atoms with Crippen LogP contribution in [-0.2, 0) is 0 Å². The average molecular weight is 235 g/mol. The van der Waals surface area contributed by atoms with Gasteiger partial charge in [-0.25, -0.2) is 0 Å². The van der Waals surface area contributed by atoms with Crippen LogP contribution in [0.3, 0.4) is 0 Å². The van der Waals surface area contributed by atoms with Crippen LogP contribution in [0.4, 0.5) is 0 Å². The fraction of sp³-hybridized carbons (Fsp3) is 0.100. The van der Waals surface area contributed by atoms with Crippen LogP contribution < -0.4 is 5.73 Å². The van der Waals surface area contributed by atoms with Crippen molar-refractivity contribution in [3.63, 3.8) is 0 Å². The zero-order valence-electron chi connectivity index (χ0n) is 8.51. The second kappa shape index (κ2) is 4.36. The lowest BCUT2D eigenvalue weighted by Gasteiger charge is -1.96. The van der Waals surface area contributed by atoms with Gasteiger partial charge in [0.2, 0.25) is 5.82 Å². The molecule has 1 heterocycles. The molecule has 0 saturated carbocycles. The molecule has 6 heteroatoms. The second-order valence-electron chi connectivity index (χ2n) is 3.02. The Morgan fingerprint density at radius 2 is 2.06 bits per heavy atom. The molecule has 2 rings (SSSR count). The van der Waals surface area contributed by atoms with E-state index < -0.39 is 5.91 Å². The van der Waals surface area contributed by atoms with E-state index in [1.807, 2.05) is 30.5 Å². The molecule has 2 N–H and O–H groups in total. The van der Waals surface area contributed by atoms with E-state index in [0.717, 1.165) is 10.5 Å². The number of thioether (sulfide) groups is 1. The van der Waals surface area contributed by atoms with E-state index in [1.165, 1.54) is 0 Å². The Bertz CT molecular complexity index is 507. The minimum absolute atomic E-state index is 0.177. The third kappa shape index (κ3) is 2.06. The van der Waals surface area contributed by atoms with E-state index >= 15 is 0 Å². The van der Waals surface area contributed by atoms with Crippen LogP contribution in [0.1, 0.15) is 10.7 Å². The molecule has 1 aromatic heterocycles. The van der Waals surface area contributed by atoms with E-state index in [1.54, 1.807) is 11.8 Å². The summed E-state index contributed by atoms with van der Waals surface area (Å²) in [4.78, 5) is 15.8. The highest BCUT2D eigenvalue weighted by Gasteiger charge is 2.12. The van der Waals surface area contributed by atoms with Gasteiger partial charge in [0.25, 0.3) is 0 Å². The number of carbonyl (C=O) groups excluding carboxylic acids is 1. The largest absolute Gasteiger partial charge is 0.361 e. The molecular formula is C10H9N3O2S. The first-order valence-corrected chi connectivity index (χ1v) is 5.71. The maximum absolute atomic E-state index is 10.8. The van der Waals surface area contributed by atoms with Gasteiger partial charge >= 0.3 is 11.8 Å². The summed E-state index contributed by atoms with van der Waals surface area (Å²) >= 11 is 1.64. The SMILES string of the molecule is CSc1ccc(-c2noc(C(N)=O)n2)cc1. The van der Waals surface area contributed by atoms with Crippen molar-refractivity contribution in [1.29, 1.82) is 0 Å². The molecule has 5 nitrogen and oxygen atoms in total. The Hall–Kier alpha value is -1.82. The molecule has 0 saturated heterocycles. The predicted molar refractivity (Wildman–Crippen MR) is 60.0 cm³/mol. The van der Waals surface area contributed by atoms with Gasteiger partial charge in [0.05, 0.1) is 0 Å². The number of hydrogen-bond donors (Lipinski definition) is 1. The van der Waals surface area contributed by atoms with Crippen molar-refractivity contribution in [2.75, 3.05) is 6.26 Å². The predicted octanol–water partition coefficient (Wildman–Crippen LogP) is 1.56. The van der Waals surface area contributed by atoms with Crippen molar-refractivity contribution < 1.29 is 9.32 Å². The minimum Gasteiger partial charge on any atom is -0.361 e. The smallest absolute Gasteiger partial charge is 0.316 e. The van der Waals surface area contributed by atoms with Crippen LogP contribution >= 0.6 is 11.8 Å². The van der Waals surface area contributed by atoms with E-state index in [2.05, 4.69) is 10.1 Å². The first kappa shape index (κ1) is 10.7. The van der Waals surface area contributed by atoms with Gasteiger partial charge in [-0.1, -0.05) is 5.16 Å². The standard InChI is InChI=1S/C10H9N3O2S/c1-16-7-4-2-6(3-5-7)9-12-10(8(11)14)15-13-9/h2-5H,1H3,(H2,11,14). The monoisotopic (exact) mass is 235 g/mol. The van der Waals surface area contributed by atoms with Gasteiger partial charge < -0.3 is 10.3 Å². The Labute approximate surface area is 96.0 Å². The Morgan fingerprint density at radius 3 is 2.56 bits per heavy atom. The van der Waals surface area contributed by atoms with Gasteiger partial charge in [-0.3, -0.25) is 4.79 Å².